The second-order valence-electron chi connectivity index (χ2n) is 21.5. The van der Waals surface area contributed by atoms with Crippen LogP contribution in [0.25, 0.3) is 0 Å². The van der Waals surface area contributed by atoms with E-state index in [0.717, 1.165) is 0 Å². The number of hydrogen-bond donors (Lipinski definition) is 0. The minimum absolute atomic E-state index is 0.359. The second kappa shape index (κ2) is 14.3. The molecule has 2 aromatic carbocycles. The van der Waals surface area contributed by atoms with Gasteiger partial charge in [-0.2, -0.15) is 0 Å². The molecule has 0 aliphatic heterocycles. The molecule has 0 aliphatic rings. The minimum Gasteiger partial charge on any atom is -0.0693 e. The summed E-state index contributed by atoms with van der Waals surface area (Å²) in [4.78, 5) is 0. The lowest BCUT2D eigenvalue weighted by Gasteiger charge is -2.46. The Bertz CT molecular complexity index is 1360. The summed E-state index contributed by atoms with van der Waals surface area (Å²) in [5.74, 6) is 0.718. The molecule has 0 amide bonds. The zero-order valence-corrected chi connectivity index (χ0v) is 41.7. The van der Waals surface area contributed by atoms with E-state index >= 15 is 0 Å². The van der Waals surface area contributed by atoms with Crippen molar-refractivity contribution in [2.45, 2.75) is 173 Å². The van der Waals surface area contributed by atoms with E-state index in [0.29, 0.717) is 22.2 Å². The number of hydrogen-bond acceptors (Lipinski definition) is 0. The molecular weight excluding hydrogens is 665 g/mol. The molecule has 0 unspecified atom stereocenters. The zero-order chi connectivity index (χ0) is 38.0. The number of benzene rings is 2. The van der Waals surface area contributed by atoms with Gasteiger partial charge in [0.05, 0.1) is 0 Å². The molecule has 0 heterocycles. The molecule has 0 spiro atoms. The van der Waals surface area contributed by atoms with Crippen molar-refractivity contribution in [2.75, 3.05) is 0 Å². The Labute approximate surface area is 300 Å². The molecule has 2 rings (SSSR count). The number of rotatable bonds is 13. The molecule has 0 aliphatic carbocycles. The van der Waals surface area contributed by atoms with Gasteiger partial charge in [-0.1, -0.05) is 197 Å². The molecule has 0 aromatic heterocycles. The van der Waals surface area contributed by atoms with Crippen LogP contribution in [0.15, 0.2) is 30.3 Å². The summed E-state index contributed by atoms with van der Waals surface area (Å²) in [6.45, 7) is 55.3. The Morgan fingerprint density at radius 3 is 1.11 bits per heavy atom. The molecular formula is C39H77Si7. The first kappa shape index (κ1) is 38.8. The molecule has 0 atom stereocenters. The van der Waals surface area contributed by atoms with Crippen molar-refractivity contribution in [1.82, 2.24) is 0 Å². The average molecular weight is 745 g/mol. The molecule has 0 N–H and O–H groups in total. The summed E-state index contributed by atoms with van der Waals surface area (Å²) in [6, 6.07) is 12.2. The van der Waals surface area contributed by atoms with Crippen molar-refractivity contribution < 1.29 is 1.37 Å². The standard InChI is InChI=1S/C39H77Si7/c1-28(2)31-24-23-25-32(29(3)4)35(31)40-36-33(38(43(11,12)13)44(14,15)16)26-30(37(41(5,6)7)42(8,9)10)27-34(36)39(45(17,18)19)46(20,21)22/h23-29,37-40H,1-22H3/i38D,40D. The van der Waals surface area contributed by atoms with Gasteiger partial charge in [0.15, 0.2) is 0 Å². The van der Waals surface area contributed by atoms with Crippen LogP contribution in [-0.2, 0) is 0 Å². The summed E-state index contributed by atoms with van der Waals surface area (Å²) in [5, 5.41) is 3.18. The summed E-state index contributed by atoms with van der Waals surface area (Å²) in [7, 11) is -13.0. The van der Waals surface area contributed by atoms with E-state index in [1.165, 1.54) is 32.6 Å². The molecule has 2 aromatic rings. The molecule has 0 nitrogen and oxygen atoms in total. The van der Waals surface area contributed by atoms with E-state index in [-0.39, 0.29) is 0 Å². The van der Waals surface area contributed by atoms with E-state index in [1.807, 2.05) is 0 Å². The van der Waals surface area contributed by atoms with E-state index in [9.17, 15) is 2.61 Å². The predicted molar refractivity (Wildman–Crippen MR) is 236 cm³/mol. The van der Waals surface area contributed by atoms with Crippen LogP contribution in [0.4, 0.5) is 0 Å². The maximum atomic E-state index is 11.0. The third-order valence-corrected chi connectivity index (χ3v) is 38.0. The summed E-state index contributed by atoms with van der Waals surface area (Å²) < 4.78 is 21.9. The molecule has 0 fully saturated rings. The van der Waals surface area contributed by atoms with Gasteiger partial charge in [-0.05, 0) is 44.0 Å². The first-order valence-electron chi connectivity index (χ1n) is 19.3. The fraction of sp³-hybridized carbons (Fsp3) is 0.692. The van der Waals surface area contributed by atoms with Gasteiger partial charge >= 0.3 is 0 Å². The maximum Gasteiger partial charge on any atom is 0.105 e. The lowest BCUT2D eigenvalue weighted by atomic mass is 9.95. The largest absolute Gasteiger partial charge is 0.105 e. The summed E-state index contributed by atoms with van der Waals surface area (Å²) in [6.07, 6.45) is 0. The summed E-state index contributed by atoms with van der Waals surface area (Å²) in [5.41, 5.74) is 7.12. The van der Waals surface area contributed by atoms with Crippen molar-refractivity contribution in [2.24, 2.45) is 0 Å². The predicted octanol–water partition coefficient (Wildman–Crippen LogP) is 11.8. The first-order chi connectivity index (χ1) is 21.1. The normalized spacial score (nSPS) is 15.5. The van der Waals surface area contributed by atoms with Crippen molar-refractivity contribution in [3.8, 4) is 0 Å². The fourth-order valence-electron chi connectivity index (χ4n) is 9.70. The van der Waals surface area contributed by atoms with Crippen LogP contribution in [0, 0.1) is 0 Å². The molecule has 261 valence electrons. The van der Waals surface area contributed by atoms with Crippen molar-refractivity contribution in [3.63, 3.8) is 0 Å². The lowest BCUT2D eigenvalue weighted by Crippen LogP contribution is -2.54. The molecule has 7 heteroatoms. The Morgan fingerprint density at radius 1 is 0.478 bits per heavy atom. The second-order valence-corrected chi connectivity index (χ2v) is 55.6. The highest BCUT2D eigenvalue weighted by atomic mass is 28.4. The monoisotopic (exact) mass is 743 g/mol. The van der Waals surface area contributed by atoms with Crippen LogP contribution >= 0.6 is 0 Å². The molecule has 1 radical (unpaired) electrons. The average Bonchev–Trinajstić information content (AvgIpc) is 2.82. The van der Waals surface area contributed by atoms with Crippen LogP contribution < -0.4 is 10.4 Å². The van der Waals surface area contributed by atoms with Gasteiger partial charge in [0, 0.05) is 51.0 Å². The van der Waals surface area contributed by atoms with E-state index in [1.54, 1.807) is 5.56 Å². The first-order valence-corrected chi connectivity index (χ1v) is 40.6. The highest BCUT2D eigenvalue weighted by Gasteiger charge is 2.46. The van der Waals surface area contributed by atoms with E-state index < -0.39 is 63.0 Å². The SMILES string of the molecule is [2H][Si](c1c(C(C)C)cccc1C(C)C)c1c(C([Si](C)(C)C)[Si](C)(C)C)cc(C([Si](C)(C)C)[Si](C)(C)C)cc1C([2H])([Si](C)(C)C)[Si](C)(C)C. The van der Waals surface area contributed by atoms with Gasteiger partial charge in [-0.25, -0.2) is 0 Å². The van der Waals surface area contributed by atoms with Gasteiger partial charge < -0.3 is 0 Å². The van der Waals surface area contributed by atoms with Gasteiger partial charge in [0.25, 0.3) is 0 Å². The van der Waals surface area contributed by atoms with Crippen molar-refractivity contribution in [1.29, 1.82) is 1.23 Å². The van der Waals surface area contributed by atoms with Gasteiger partial charge in [0.2, 0.25) is 0 Å². The molecule has 0 bridgehead atoms. The topological polar surface area (TPSA) is 0 Å². The zero-order valence-electron chi connectivity index (χ0n) is 36.7. The van der Waals surface area contributed by atoms with Crippen molar-refractivity contribution in [3.05, 3.63) is 58.1 Å². The highest BCUT2D eigenvalue weighted by Crippen LogP contribution is 2.44. The van der Waals surface area contributed by atoms with Gasteiger partial charge in [-0.15, -0.1) is 0 Å². The molecule has 0 saturated heterocycles. The molecule has 0 saturated carbocycles. The highest BCUT2D eigenvalue weighted by molar-refractivity contribution is 6.98. The van der Waals surface area contributed by atoms with Crippen LogP contribution in [0.1, 0.15) is 84.2 Å². The fourth-order valence-corrected chi connectivity index (χ4v) is 48.7. The minimum atomic E-state index is -2.13. The van der Waals surface area contributed by atoms with E-state index in [2.05, 4.69) is 176 Å². The van der Waals surface area contributed by atoms with Gasteiger partial charge in [-0.3, -0.25) is 0 Å². The van der Waals surface area contributed by atoms with Crippen LogP contribution in [0.3, 0.4) is 0 Å². The third kappa shape index (κ3) is 10.0. The Kier molecular flexibility index (Phi) is 12.0. The van der Waals surface area contributed by atoms with Crippen LogP contribution in [0.5, 0.6) is 0 Å². The van der Waals surface area contributed by atoms with Crippen molar-refractivity contribution >= 4 is 68.3 Å². The quantitative estimate of drug-likeness (QED) is 0.179. The summed E-state index contributed by atoms with van der Waals surface area (Å²) >= 11 is 0. The van der Waals surface area contributed by atoms with E-state index in [4.69, 9.17) is 0 Å². The third-order valence-electron chi connectivity index (χ3n) is 9.69. The molecule has 46 heavy (non-hydrogen) atoms. The Hall–Kier alpha value is -0.0418. The van der Waals surface area contributed by atoms with Crippen LogP contribution in [-0.4, -0.2) is 59.1 Å². The maximum absolute atomic E-state index is 11.0. The Morgan fingerprint density at radius 2 is 0.804 bits per heavy atom. The van der Waals surface area contributed by atoms with Crippen LogP contribution in [0.2, 0.25) is 118 Å². The lowest BCUT2D eigenvalue weighted by molar-refractivity contribution is 0.845. The Balaban J connectivity index is 3.61. The van der Waals surface area contributed by atoms with Gasteiger partial charge in [0.1, 0.15) is 9.45 Å². The smallest absolute Gasteiger partial charge is 0.0693 e.